The number of thiazole rings is 1. The Bertz CT molecular complexity index is 674. The number of aromatic nitrogens is 1. The van der Waals surface area contributed by atoms with Crippen molar-refractivity contribution in [1.29, 1.82) is 0 Å². The van der Waals surface area contributed by atoms with Crippen LogP contribution in [-0.4, -0.2) is 41.6 Å². The third-order valence-electron chi connectivity index (χ3n) is 4.25. The van der Waals surface area contributed by atoms with Crippen LogP contribution in [0.3, 0.4) is 0 Å². The number of morpholine rings is 1. The van der Waals surface area contributed by atoms with Crippen LogP contribution in [0.2, 0.25) is 0 Å². The normalized spacial score (nSPS) is 18.2. The summed E-state index contributed by atoms with van der Waals surface area (Å²) < 4.78 is 5.77. The smallest absolute Gasteiger partial charge is 0.222 e. The van der Waals surface area contributed by atoms with Gasteiger partial charge in [0.05, 0.1) is 36.4 Å². The van der Waals surface area contributed by atoms with Crippen LogP contribution in [-0.2, 0) is 29.0 Å². The SMILES string of the molecule is CCc1nc(CNC(=O)CC2CN(Cc3ccccc3)CCO2)cs1. The molecule has 25 heavy (non-hydrogen) atoms. The maximum atomic E-state index is 12.2. The molecule has 2 heterocycles. The van der Waals surface area contributed by atoms with Gasteiger partial charge in [0.2, 0.25) is 5.91 Å². The van der Waals surface area contributed by atoms with Gasteiger partial charge in [-0.3, -0.25) is 9.69 Å². The lowest BCUT2D eigenvalue weighted by Gasteiger charge is -2.32. The Hall–Kier alpha value is -1.76. The topological polar surface area (TPSA) is 54.5 Å². The van der Waals surface area contributed by atoms with Crippen molar-refractivity contribution in [3.8, 4) is 0 Å². The van der Waals surface area contributed by atoms with E-state index < -0.39 is 0 Å². The number of hydrogen-bond donors (Lipinski definition) is 1. The van der Waals surface area contributed by atoms with Gasteiger partial charge in [-0.25, -0.2) is 4.98 Å². The van der Waals surface area contributed by atoms with Gasteiger partial charge in [-0.05, 0) is 12.0 Å². The predicted molar refractivity (Wildman–Crippen MR) is 99.4 cm³/mol. The van der Waals surface area contributed by atoms with Gasteiger partial charge in [-0.1, -0.05) is 37.3 Å². The van der Waals surface area contributed by atoms with Gasteiger partial charge < -0.3 is 10.1 Å². The monoisotopic (exact) mass is 359 g/mol. The predicted octanol–water partition coefficient (Wildman–Crippen LogP) is 2.61. The number of ether oxygens (including phenoxy) is 1. The molecule has 134 valence electrons. The van der Waals surface area contributed by atoms with Crippen molar-refractivity contribution in [2.24, 2.45) is 0 Å². The lowest BCUT2D eigenvalue weighted by atomic mass is 10.1. The molecule has 1 atom stereocenters. The molecule has 0 bridgehead atoms. The largest absolute Gasteiger partial charge is 0.375 e. The van der Waals surface area contributed by atoms with Crippen molar-refractivity contribution in [1.82, 2.24) is 15.2 Å². The van der Waals surface area contributed by atoms with Crippen molar-refractivity contribution in [3.05, 3.63) is 52.0 Å². The fraction of sp³-hybridized carbons (Fsp3) is 0.474. The summed E-state index contributed by atoms with van der Waals surface area (Å²) in [5, 5.41) is 6.07. The Morgan fingerprint density at radius 3 is 3.00 bits per heavy atom. The Labute approximate surface area is 153 Å². The maximum Gasteiger partial charge on any atom is 0.222 e. The second kappa shape index (κ2) is 9.08. The third-order valence-corrected chi connectivity index (χ3v) is 5.30. The van der Waals surface area contributed by atoms with E-state index in [1.807, 2.05) is 11.4 Å². The first kappa shape index (κ1) is 18.0. The number of aryl methyl sites for hydroxylation is 1. The zero-order valence-corrected chi connectivity index (χ0v) is 15.4. The first-order chi connectivity index (χ1) is 12.2. The standard InChI is InChI=1S/C19H25N3O2S/c1-2-19-21-16(14-25-19)11-20-18(23)10-17-13-22(8-9-24-17)12-15-6-4-3-5-7-15/h3-7,14,17H,2,8-13H2,1H3,(H,20,23). The van der Waals surface area contributed by atoms with Gasteiger partial charge >= 0.3 is 0 Å². The zero-order valence-electron chi connectivity index (χ0n) is 14.6. The number of carbonyl (C=O) groups excluding carboxylic acids is 1. The van der Waals surface area contributed by atoms with Crippen molar-refractivity contribution >= 4 is 17.2 Å². The molecule has 1 aliphatic heterocycles. The van der Waals surface area contributed by atoms with Gasteiger partial charge in [0.1, 0.15) is 0 Å². The molecule has 1 amide bonds. The molecule has 1 aromatic heterocycles. The summed E-state index contributed by atoms with van der Waals surface area (Å²) >= 11 is 1.64. The number of hydrogen-bond acceptors (Lipinski definition) is 5. The molecule has 0 radical (unpaired) electrons. The van der Waals surface area contributed by atoms with Crippen LogP contribution in [0, 0.1) is 0 Å². The van der Waals surface area contributed by atoms with Crippen LogP contribution < -0.4 is 5.32 Å². The van der Waals surface area contributed by atoms with E-state index in [1.165, 1.54) is 5.56 Å². The van der Waals surface area contributed by atoms with Crippen LogP contribution in [0.4, 0.5) is 0 Å². The molecule has 1 saturated heterocycles. The van der Waals surface area contributed by atoms with Crippen molar-refractivity contribution < 1.29 is 9.53 Å². The molecule has 0 saturated carbocycles. The van der Waals surface area contributed by atoms with E-state index >= 15 is 0 Å². The zero-order chi connectivity index (χ0) is 17.5. The minimum atomic E-state index is -0.0425. The molecule has 6 heteroatoms. The van der Waals surface area contributed by atoms with E-state index in [4.69, 9.17) is 4.74 Å². The van der Waals surface area contributed by atoms with E-state index in [2.05, 4.69) is 46.4 Å². The molecule has 3 rings (SSSR count). The second-order valence-electron chi connectivity index (χ2n) is 6.28. The molecule has 1 aliphatic rings. The Balaban J connectivity index is 1.43. The molecule has 1 fully saturated rings. The van der Waals surface area contributed by atoms with E-state index in [0.717, 1.165) is 36.8 Å². The molecule has 0 spiro atoms. The quantitative estimate of drug-likeness (QED) is 0.826. The van der Waals surface area contributed by atoms with E-state index in [0.29, 0.717) is 19.6 Å². The summed E-state index contributed by atoms with van der Waals surface area (Å²) in [7, 11) is 0. The Kier molecular flexibility index (Phi) is 6.55. The van der Waals surface area contributed by atoms with Crippen molar-refractivity contribution in [2.75, 3.05) is 19.7 Å². The maximum absolute atomic E-state index is 12.2. The molecule has 2 aromatic rings. The molecule has 1 unspecified atom stereocenters. The van der Waals surface area contributed by atoms with Gasteiger partial charge in [-0.2, -0.15) is 0 Å². The average molecular weight is 359 g/mol. The molecule has 5 nitrogen and oxygen atoms in total. The number of carbonyl (C=O) groups is 1. The fourth-order valence-corrected chi connectivity index (χ4v) is 3.69. The van der Waals surface area contributed by atoms with Crippen LogP contribution in [0.25, 0.3) is 0 Å². The number of benzene rings is 1. The summed E-state index contributed by atoms with van der Waals surface area (Å²) in [4.78, 5) is 19.0. The molecule has 0 aliphatic carbocycles. The first-order valence-corrected chi connectivity index (χ1v) is 9.68. The minimum absolute atomic E-state index is 0.0256. The number of amides is 1. The lowest BCUT2D eigenvalue weighted by Crippen LogP contribution is -2.44. The summed E-state index contributed by atoms with van der Waals surface area (Å²) in [6.45, 7) is 5.86. The summed E-state index contributed by atoms with van der Waals surface area (Å²) in [5.41, 5.74) is 2.23. The second-order valence-corrected chi connectivity index (χ2v) is 7.22. The van der Waals surface area contributed by atoms with Gasteiger partial charge in [-0.15, -0.1) is 11.3 Å². The van der Waals surface area contributed by atoms with E-state index in [9.17, 15) is 4.79 Å². The van der Waals surface area contributed by atoms with Crippen LogP contribution in [0.5, 0.6) is 0 Å². The summed E-state index contributed by atoms with van der Waals surface area (Å²) in [6, 6.07) is 10.4. The summed E-state index contributed by atoms with van der Waals surface area (Å²) in [6.07, 6.45) is 1.29. The van der Waals surface area contributed by atoms with Gasteiger partial charge in [0.15, 0.2) is 0 Å². The van der Waals surface area contributed by atoms with Gasteiger partial charge in [0.25, 0.3) is 0 Å². The van der Waals surface area contributed by atoms with Crippen molar-refractivity contribution in [2.45, 2.75) is 39.0 Å². The third kappa shape index (κ3) is 5.63. The Morgan fingerprint density at radius 1 is 1.40 bits per heavy atom. The van der Waals surface area contributed by atoms with Crippen LogP contribution in [0.1, 0.15) is 29.6 Å². The highest BCUT2D eigenvalue weighted by molar-refractivity contribution is 7.09. The van der Waals surface area contributed by atoms with Gasteiger partial charge in [0, 0.05) is 25.0 Å². The molecular formula is C19H25N3O2S. The highest BCUT2D eigenvalue weighted by Crippen LogP contribution is 2.13. The first-order valence-electron chi connectivity index (χ1n) is 8.80. The molecule has 1 aromatic carbocycles. The number of nitrogens with zero attached hydrogens (tertiary/aromatic N) is 2. The minimum Gasteiger partial charge on any atom is -0.375 e. The fourth-order valence-electron chi connectivity index (χ4n) is 2.95. The highest BCUT2D eigenvalue weighted by Gasteiger charge is 2.23. The summed E-state index contributed by atoms with van der Waals surface area (Å²) in [5.74, 6) is 0.0256. The van der Waals surface area contributed by atoms with Crippen LogP contribution in [0.15, 0.2) is 35.7 Å². The van der Waals surface area contributed by atoms with Crippen LogP contribution >= 0.6 is 11.3 Å². The molecule has 1 N–H and O–H groups in total. The van der Waals surface area contributed by atoms with Crippen molar-refractivity contribution in [3.63, 3.8) is 0 Å². The van der Waals surface area contributed by atoms with E-state index in [1.54, 1.807) is 11.3 Å². The van der Waals surface area contributed by atoms with E-state index in [-0.39, 0.29) is 12.0 Å². The Morgan fingerprint density at radius 2 is 2.24 bits per heavy atom. The average Bonchev–Trinajstić information content (AvgIpc) is 3.09. The number of nitrogens with one attached hydrogen (secondary N) is 1. The highest BCUT2D eigenvalue weighted by atomic mass is 32.1. The number of rotatable bonds is 7. The lowest BCUT2D eigenvalue weighted by molar-refractivity contribution is -0.126. The molecular weight excluding hydrogens is 334 g/mol.